The average molecular weight is 494 g/mol. The van der Waals surface area contributed by atoms with Gasteiger partial charge in [-0.15, -0.1) is 0 Å². The van der Waals surface area contributed by atoms with E-state index in [4.69, 9.17) is 0 Å². The minimum absolute atomic E-state index is 0.113. The Morgan fingerprint density at radius 3 is 2.17 bits per heavy atom. The van der Waals surface area contributed by atoms with Gasteiger partial charge in [-0.2, -0.15) is 4.31 Å². The quantitative estimate of drug-likeness (QED) is 0.669. The van der Waals surface area contributed by atoms with Crippen LogP contribution in [0.15, 0.2) is 64.0 Å². The van der Waals surface area contributed by atoms with Gasteiger partial charge in [-0.3, -0.25) is 9.59 Å². The Morgan fingerprint density at radius 2 is 1.60 bits per heavy atom. The fraction of sp³-hybridized carbons (Fsp3) is 0.333. The van der Waals surface area contributed by atoms with E-state index in [1.807, 2.05) is 30.3 Å². The van der Waals surface area contributed by atoms with Crippen molar-refractivity contribution in [3.63, 3.8) is 0 Å². The summed E-state index contributed by atoms with van der Waals surface area (Å²) in [6.07, 6.45) is 0.128. The number of carbonyl (C=O) groups excluding carboxylic acids is 2. The van der Waals surface area contributed by atoms with E-state index < -0.39 is 16.1 Å². The lowest BCUT2D eigenvalue weighted by atomic mass is 10.0. The third-order valence-electron chi connectivity index (χ3n) is 5.00. The minimum atomic E-state index is -3.59. The molecule has 30 heavy (non-hydrogen) atoms. The first-order valence-electron chi connectivity index (χ1n) is 9.63. The van der Waals surface area contributed by atoms with Crippen LogP contribution < -0.4 is 5.32 Å². The lowest BCUT2D eigenvalue weighted by Gasteiger charge is -2.34. The van der Waals surface area contributed by atoms with Crippen molar-refractivity contribution >= 4 is 37.8 Å². The molecule has 1 aliphatic rings. The van der Waals surface area contributed by atoms with E-state index in [1.54, 1.807) is 29.2 Å². The smallest absolute Gasteiger partial charge is 0.243 e. The van der Waals surface area contributed by atoms with Crippen LogP contribution in [0.2, 0.25) is 0 Å². The van der Waals surface area contributed by atoms with Crippen molar-refractivity contribution in [2.45, 2.75) is 24.3 Å². The van der Waals surface area contributed by atoms with E-state index in [9.17, 15) is 18.0 Å². The Balaban J connectivity index is 1.63. The maximum absolute atomic E-state index is 12.8. The molecule has 1 saturated heterocycles. The minimum Gasteiger partial charge on any atom is -0.349 e. The van der Waals surface area contributed by atoms with Crippen molar-refractivity contribution in [2.24, 2.45) is 0 Å². The van der Waals surface area contributed by atoms with Gasteiger partial charge in [0.25, 0.3) is 0 Å². The van der Waals surface area contributed by atoms with Gasteiger partial charge >= 0.3 is 0 Å². The molecule has 2 aromatic carbocycles. The molecule has 2 aromatic rings. The van der Waals surface area contributed by atoms with Crippen LogP contribution >= 0.6 is 15.9 Å². The van der Waals surface area contributed by atoms with Crippen LogP contribution in [-0.2, 0) is 19.6 Å². The van der Waals surface area contributed by atoms with E-state index in [2.05, 4.69) is 21.2 Å². The summed E-state index contributed by atoms with van der Waals surface area (Å²) in [7, 11) is -3.59. The summed E-state index contributed by atoms with van der Waals surface area (Å²) in [5, 5.41) is 2.83. The maximum Gasteiger partial charge on any atom is 0.243 e. The zero-order valence-corrected chi connectivity index (χ0v) is 19.0. The predicted molar refractivity (Wildman–Crippen MR) is 117 cm³/mol. The van der Waals surface area contributed by atoms with Gasteiger partial charge in [0.2, 0.25) is 21.8 Å². The second-order valence-corrected chi connectivity index (χ2v) is 9.96. The number of carbonyl (C=O) groups is 2. The molecule has 0 spiro atoms. The molecule has 0 aromatic heterocycles. The van der Waals surface area contributed by atoms with Crippen LogP contribution in [0.5, 0.6) is 0 Å². The molecule has 1 fully saturated rings. The van der Waals surface area contributed by atoms with Crippen molar-refractivity contribution in [1.82, 2.24) is 14.5 Å². The van der Waals surface area contributed by atoms with Crippen LogP contribution in [0, 0.1) is 0 Å². The zero-order chi connectivity index (χ0) is 21.7. The Hall–Kier alpha value is -2.23. The highest BCUT2D eigenvalue weighted by Gasteiger charge is 2.31. The van der Waals surface area contributed by atoms with Crippen molar-refractivity contribution in [3.05, 3.63) is 64.6 Å². The Morgan fingerprint density at radius 1 is 1.00 bits per heavy atom. The maximum atomic E-state index is 12.8. The summed E-state index contributed by atoms with van der Waals surface area (Å²) in [5.74, 6) is -0.319. The van der Waals surface area contributed by atoms with Gasteiger partial charge in [-0.05, 0) is 29.8 Å². The molecule has 0 saturated carbocycles. The number of rotatable bonds is 6. The summed E-state index contributed by atoms with van der Waals surface area (Å²) in [6.45, 7) is 2.53. The number of piperazine rings is 1. The number of amides is 2. The second kappa shape index (κ2) is 9.72. The SMILES string of the molecule is CC(=O)NC(CC(=O)N1CCN(S(=O)(=O)c2ccc(Br)cc2)CC1)c1ccccc1. The summed E-state index contributed by atoms with van der Waals surface area (Å²) in [4.78, 5) is 26.3. The van der Waals surface area contributed by atoms with Crippen LogP contribution in [-0.4, -0.2) is 55.6 Å². The van der Waals surface area contributed by atoms with Gasteiger partial charge in [0.15, 0.2) is 0 Å². The fourth-order valence-electron chi connectivity index (χ4n) is 3.42. The molecule has 1 heterocycles. The molecule has 3 rings (SSSR count). The first kappa shape index (κ1) is 22.5. The Kier molecular flexibility index (Phi) is 7.27. The molecular formula is C21H24BrN3O4S. The standard InChI is InChI=1S/C21H24BrN3O4S/c1-16(26)23-20(17-5-3-2-4-6-17)15-21(27)24-11-13-25(14-12-24)30(28,29)19-9-7-18(22)8-10-19/h2-10,20H,11-15H2,1H3,(H,23,26). The Labute approximate surface area is 185 Å². The average Bonchev–Trinajstić information content (AvgIpc) is 2.74. The molecule has 0 bridgehead atoms. The van der Waals surface area contributed by atoms with Crippen molar-refractivity contribution in [2.75, 3.05) is 26.2 Å². The summed E-state index contributed by atoms with van der Waals surface area (Å²) >= 11 is 3.30. The topological polar surface area (TPSA) is 86.8 Å². The van der Waals surface area contributed by atoms with Crippen molar-refractivity contribution < 1.29 is 18.0 Å². The Bertz CT molecular complexity index is 989. The van der Waals surface area contributed by atoms with E-state index in [-0.39, 0.29) is 36.2 Å². The molecule has 1 atom stereocenters. The first-order valence-corrected chi connectivity index (χ1v) is 11.9. The van der Waals surface area contributed by atoms with Crippen LogP contribution in [0.1, 0.15) is 24.9 Å². The molecule has 2 amide bonds. The highest BCUT2D eigenvalue weighted by atomic mass is 79.9. The fourth-order valence-corrected chi connectivity index (χ4v) is 5.11. The lowest BCUT2D eigenvalue weighted by molar-refractivity contribution is -0.133. The van der Waals surface area contributed by atoms with Gasteiger partial charge in [-0.25, -0.2) is 8.42 Å². The number of hydrogen-bond donors (Lipinski definition) is 1. The number of benzene rings is 2. The van der Waals surface area contributed by atoms with E-state index in [0.717, 1.165) is 10.0 Å². The normalized spacial score (nSPS) is 16.1. The number of halogens is 1. The van der Waals surface area contributed by atoms with Crippen LogP contribution in [0.3, 0.4) is 0 Å². The zero-order valence-electron chi connectivity index (χ0n) is 16.6. The number of hydrogen-bond acceptors (Lipinski definition) is 4. The molecule has 0 radical (unpaired) electrons. The number of nitrogens with zero attached hydrogens (tertiary/aromatic N) is 2. The van der Waals surface area contributed by atoms with Gasteiger partial charge in [-0.1, -0.05) is 46.3 Å². The second-order valence-electron chi connectivity index (χ2n) is 7.11. The van der Waals surface area contributed by atoms with Crippen molar-refractivity contribution in [3.8, 4) is 0 Å². The van der Waals surface area contributed by atoms with E-state index >= 15 is 0 Å². The molecule has 1 N–H and O–H groups in total. The van der Waals surface area contributed by atoms with Gasteiger partial charge in [0.1, 0.15) is 0 Å². The third kappa shape index (κ3) is 5.47. The summed E-state index contributed by atoms with van der Waals surface area (Å²) in [6, 6.07) is 15.4. The summed E-state index contributed by atoms with van der Waals surface area (Å²) in [5.41, 5.74) is 0.859. The van der Waals surface area contributed by atoms with Gasteiger partial charge < -0.3 is 10.2 Å². The molecule has 7 nitrogen and oxygen atoms in total. The lowest BCUT2D eigenvalue weighted by Crippen LogP contribution is -2.51. The van der Waals surface area contributed by atoms with Crippen molar-refractivity contribution in [1.29, 1.82) is 0 Å². The predicted octanol–water partition coefficient (Wildman–Crippen LogP) is 2.55. The van der Waals surface area contributed by atoms with E-state index in [0.29, 0.717) is 13.1 Å². The van der Waals surface area contributed by atoms with Crippen LogP contribution in [0.25, 0.3) is 0 Å². The number of sulfonamides is 1. The first-order chi connectivity index (χ1) is 14.3. The third-order valence-corrected chi connectivity index (χ3v) is 7.44. The molecule has 160 valence electrons. The summed E-state index contributed by atoms with van der Waals surface area (Å²) < 4.78 is 27.9. The van der Waals surface area contributed by atoms with Crippen LogP contribution in [0.4, 0.5) is 0 Å². The van der Waals surface area contributed by atoms with Gasteiger partial charge in [0.05, 0.1) is 17.4 Å². The molecule has 9 heteroatoms. The largest absolute Gasteiger partial charge is 0.349 e. The molecule has 1 unspecified atom stereocenters. The van der Waals surface area contributed by atoms with E-state index in [1.165, 1.54) is 11.2 Å². The van der Waals surface area contributed by atoms with Gasteiger partial charge in [0, 0.05) is 37.6 Å². The highest BCUT2D eigenvalue weighted by molar-refractivity contribution is 9.10. The molecular weight excluding hydrogens is 470 g/mol. The number of nitrogens with one attached hydrogen (secondary N) is 1. The molecule has 1 aliphatic heterocycles. The highest BCUT2D eigenvalue weighted by Crippen LogP contribution is 2.22. The monoisotopic (exact) mass is 493 g/mol. The molecule has 0 aliphatic carbocycles.